The molecule has 1 unspecified atom stereocenters. The van der Waals surface area contributed by atoms with Gasteiger partial charge in [0.05, 0.1) is 0 Å². The molecule has 0 bridgehead atoms. The lowest BCUT2D eigenvalue weighted by molar-refractivity contribution is 0.243. The molecule has 1 N–H and O–H groups in total. The molecule has 6 heteroatoms. The highest BCUT2D eigenvalue weighted by Crippen LogP contribution is 2.24. The smallest absolute Gasteiger partial charge is 0.282 e. The molecule has 3 rings (SSSR count). The molecule has 1 saturated carbocycles. The van der Waals surface area contributed by atoms with Crippen LogP contribution in [-0.2, 0) is 10.2 Å². The van der Waals surface area contributed by atoms with Gasteiger partial charge in [0, 0.05) is 32.2 Å². The van der Waals surface area contributed by atoms with E-state index in [9.17, 15) is 8.42 Å². The summed E-state index contributed by atoms with van der Waals surface area (Å²) in [4.78, 5) is 0. The van der Waals surface area contributed by atoms with Gasteiger partial charge in [-0.05, 0) is 51.5 Å². The normalized spacial score (nSPS) is 29.4. The van der Waals surface area contributed by atoms with Crippen molar-refractivity contribution in [2.75, 3.05) is 32.7 Å². The number of hydrogen-bond acceptors (Lipinski definition) is 3. The Labute approximate surface area is 128 Å². The first-order chi connectivity index (χ1) is 10.1. The third kappa shape index (κ3) is 3.86. The zero-order chi connectivity index (χ0) is 14.9. The molecule has 1 atom stereocenters. The predicted molar refractivity (Wildman–Crippen MR) is 84.2 cm³/mol. The second-order valence-corrected chi connectivity index (χ2v) is 8.64. The van der Waals surface area contributed by atoms with E-state index in [1.807, 2.05) is 6.08 Å². The van der Waals surface area contributed by atoms with Gasteiger partial charge in [0.15, 0.2) is 0 Å². The van der Waals surface area contributed by atoms with E-state index >= 15 is 0 Å². The molecule has 2 aliphatic heterocycles. The first-order valence-electron chi connectivity index (χ1n) is 8.20. The van der Waals surface area contributed by atoms with Crippen molar-refractivity contribution in [3.05, 3.63) is 11.6 Å². The minimum Gasteiger partial charge on any atom is -0.314 e. The van der Waals surface area contributed by atoms with Gasteiger partial charge in [-0.3, -0.25) is 0 Å². The molecule has 0 amide bonds. The Balaban J connectivity index is 1.58. The van der Waals surface area contributed by atoms with Gasteiger partial charge in [0.1, 0.15) is 0 Å². The maximum Gasteiger partial charge on any atom is 0.282 e. The molecule has 0 aromatic heterocycles. The van der Waals surface area contributed by atoms with Crippen LogP contribution in [0.15, 0.2) is 11.6 Å². The quantitative estimate of drug-likeness (QED) is 0.780. The first-order valence-corrected chi connectivity index (χ1v) is 9.59. The standard InChI is InChI=1S/C15H27N3O2S/c1-13-6-9-17(10-7-13)21(19,20)18-8-2-3-14(12-18)11-16-15-4-5-15/h6,14-16H,2-5,7-12H2,1H3. The van der Waals surface area contributed by atoms with Crippen LogP contribution in [0.25, 0.3) is 0 Å². The molecule has 120 valence electrons. The minimum atomic E-state index is -3.27. The van der Waals surface area contributed by atoms with E-state index in [-0.39, 0.29) is 0 Å². The van der Waals surface area contributed by atoms with Crippen LogP contribution in [0.5, 0.6) is 0 Å². The highest BCUT2D eigenvalue weighted by atomic mass is 32.2. The van der Waals surface area contributed by atoms with Crippen LogP contribution in [-0.4, -0.2) is 55.8 Å². The summed E-state index contributed by atoms with van der Waals surface area (Å²) in [5, 5.41) is 3.54. The summed E-state index contributed by atoms with van der Waals surface area (Å²) in [5.41, 5.74) is 1.30. The molecule has 0 spiro atoms. The maximum absolute atomic E-state index is 12.7. The fourth-order valence-corrected chi connectivity index (χ4v) is 4.82. The molecule has 0 aromatic carbocycles. The third-order valence-electron chi connectivity index (χ3n) is 4.81. The number of nitrogens with one attached hydrogen (secondary N) is 1. The molecule has 3 aliphatic rings. The van der Waals surface area contributed by atoms with Crippen molar-refractivity contribution < 1.29 is 8.42 Å². The highest BCUT2D eigenvalue weighted by Gasteiger charge is 2.34. The van der Waals surface area contributed by atoms with Gasteiger partial charge in [-0.15, -0.1) is 0 Å². The highest BCUT2D eigenvalue weighted by molar-refractivity contribution is 7.86. The Bertz CT molecular complexity index is 499. The molecule has 0 radical (unpaired) electrons. The molecular formula is C15H27N3O2S. The van der Waals surface area contributed by atoms with Gasteiger partial charge in [-0.1, -0.05) is 11.6 Å². The average Bonchev–Trinajstić information content (AvgIpc) is 3.30. The Morgan fingerprint density at radius 2 is 2.05 bits per heavy atom. The van der Waals surface area contributed by atoms with Gasteiger partial charge in [0.25, 0.3) is 10.2 Å². The van der Waals surface area contributed by atoms with E-state index in [2.05, 4.69) is 12.2 Å². The monoisotopic (exact) mass is 313 g/mol. The van der Waals surface area contributed by atoms with Crippen LogP contribution in [0.3, 0.4) is 0 Å². The van der Waals surface area contributed by atoms with E-state index in [4.69, 9.17) is 0 Å². The van der Waals surface area contributed by atoms with E-state index < -0.39 is 10.2 Å². The fraction of sp³-hybridized carbons (Fsp3) is 0.867. The lowest BCUT2D eigenvalue weighted by Crippen LogP contribution is -2.50. The van der Waals surface area contributed by atoms with Crippen molar-refractivity contribution in [2.24, 2.45) is 5.92 Å². The Morgan fingerprint density at radius 1 is 1.24 bits per heavy atom. The van der Waals surface area contributed by atoms with Crippen LogP contribution in [0.4, 0.5) is 0 Å². The van der Waals surface area contributed by atoms with Crippen molar-refractivity contribution in [2.45, 2.75) is 45.1 Å². The topological polar surface area (TPSA) is 52.7 Å². The summed E-state index contributed by atoms with van der Waals surface area (Å²) < 4.78 is 28.8. The van der Waals surface area contributed by atoms with Crippen molar-refractivity contribution in [3.8, 4) is 0 Å². The van der Waals surface area contributed by atoms with Gasteiger partial charge in [0.2, 0.25) is 0 Å². The van der Waals surface area contributed by atoms with Gasteiger partial charge >= 0.3 is 0 Å². The molecule has 2 heterocycles. The van der Waals surface area contributed by atoms with Crippen molar-refractivity contribution >= 4 is 10.2 Å². The Kier molecular flexibility index (Phi) is 4.69. The van der Waals surface area contributed by atoms with Crippen LogP contribution in [0.2, 0.25) is 0 Å². The summed E-state index contributed by atoms with van der Waals surface area (Å²) >= 11 is 0. The molecule has 1 saturated heterocycles. The lowest BCUT2D eigenvalue weighted by Gasteiger charge is -2.36. The van der Waals surface area contributed by atoms with Crippen LogP contribution < -0.4 is 5.32 Å². The zero-order valence-electron chi connectivity index (χ0n) is 12.9. The SMILES string of the molecule is CC1=CCN(S(=O)(=O)N2CCCC(CNC3CC3)C2)CC1. The minimum absolute atomic E-state index is 0.469. The maximum atomic E-state index is 12.7. The summed E-state index contributed by atoms with van der Waals surface area (Å²) in [7, 11) is -3.27. The fourth-order valence-electron chi connectivity index (χ4n) is 3.15. The van der Waals surface area contributed by atoms with Crippen LogP contribution in [0.1, 0.15) is 39.0 Å². The van der Waals surface area contributed by atoms with E-state index in [0.29, 0.717) is 38.1 Å². The van der Waals surface area contributed by atoms with E-state index in [0.717, 1.165) is 25.8 Å². The van der Waals surface area contributed by atoms with Crippen LogP contribution in [0, 0.1) is 5.92 Å². The molecule has 2 fully saturated rings. The van der Waals surface area contributed by atoms with E-state index in [1.165, 1.54) is 18.4 Å². The molecule has 21 heavy (non-hydrogen) atoms. The van der Waals surface area contributed by atoms with Crippen molar-refractivity contribution in [3.63, 3.8) is 0 Å². The second-order valence-electron chi connectivity index (χ2n) is 6.72. The van der Waals surface area contributed by atoms with Crippen molar-refractivity contribution in [1.29, 1.82) is 0 Å². The summed E-state index contributed by atoms with van der Waals surface area (Å²) in [6.07, 6.45) is 7.60. The summed E-state index contributed by atoms with van der Waals surface area (Å²) in [5.74, 6) is 0.469. The third-order valence-corrected chi connectivity index (χ3v) is 6.77. The second kappa shape index (κ2) is 6.36. The molecule has 5 nitrogen and oxygen atoms in total. The predicted octanol–water partition coefficient (Wildman–Crippen LogP) is 1.35. The lowest BCUT2D eigenvalue weighted by atomic mass is 10.00. The average molecular weight is 313 g/mol. The first kappa shape index (κ1) is 15.5. The van der Waals surface area contributed by atoms with Gasteiger partial charge < -0.3 is 5.32 Å². The summed E-state index contributed by atoms with van der Waals surface area (Å²) in [6, 6.07) is 0.701. The molecule has 0 aromatic rings. The van der Waals surface area contributed by atoms with E-state index in [1.54, 1.807) is 8.61 Å². The van der Waals surface area contributed by atoms with Gasteiger partial charge in [-0.25, -0.2) is 0 Å². The number of hydrogen-bond donors (Lipinski definition) is 1. The van der Waals surface area contributed by atoms with Crippen molar-refractivity contribution in [1.82, 2.24) is 13.9 Å². The molecular weight excluding hydrogens is 286 g/mol. The zero-order valence-corrected chi connectivity index (χ0v) is 13.7. The van der Waals surface area contributed by atoms with Crippen LogP contribution >= 0.6 is 0 Å². The number of nitrogens with zero attached hydrogens (tertiary/aromatic N) is 2. The Morgan fingerprint density at radius 3 is 2.71 bits per heavy atom. The number of piperidine rings is 1. The number of rotatable bonds is 5. The Hall–Kier alpha value is -0.430. The summed E-state index contributed by atoms with van der Waals surface area (Å²) in [6.45, 7) is 5.57. The van der Waals surface area contributed by atoms with Gasteiger partial charge in [-0.2, -0.15) is 17.0 Å². The largest absolute Gasteiger partial charge is 0.314 e. The molecule has 1 aliphatic carbocycles.